The maximum atomic E-state index is 12.0. The van der Waals surface area contributed by atoms with Gasteiger partial charge in [0, 0.05) is 13.0 Å². The number of oxazole rings is 1. The average molecular weight is 405 g/mol. The highest BCUT2D eigenvalue weighted by Crippen LogP contribution is 2.30. The van der Waals surface area contributed by atoms with E-state index in [1.165, 1.54) is 11.3 Å². The van der Waals surface area contributed by atoms with Gasteiger partial charge in [0.1, 0.15) is 11.5 Å². The molecule has 0 atom stereocenters. The molecule has 0 spiro atoms. The summed E-state index contributed by atoms with van der Waals surface area (Å²) in [6.07, 6.45) is 4.32. The second-order valence-electron chi connectivity index (χ2n) is 5.50. The van der Waals surface area contributed by atoms with Crippen molar-refractivity contribution < 1.29 is 13.9 Å². The fraction of sp³-hybridized carbons (Fsp3) is 0.278. The number of carbonyl (C=O) groups excluding carboxylic acids is 1. The van der Waals surface area contributed by atoms with Crippen LogP contribution in [-0.4, -0.2) is 23.1 Å². The van der Waals surface area contributed by atoms with Gasteiger partial charge in [0.2, 0.25) is 5.89 Å². The van der Waals surface area contributed by atoms with E-state index in [0.29, 0.717) is 23.3 Å². The number of nitrogens with zero attached hydrogens (tertiary/aromatic N) is 2. The van der Waals surface area contributed by atoms with Crippen LogP contribution in [0.1, 0.15) is 24.1 Å². The van der Waals surface area contributed by atoms with E-state index in [1.807, 2.05) is 31.2 Å². The molecule has 2 amide bonds. The lowest BCUT2D eigenvalue weighted by molar-refractivity contribution is 0.251. The molecule has 0 bridgehead atoms. The Balaban J connectivity index is 1.44. The predicted octanol–water partition coefficient (Wildman–Crippen LogP) is 4.32. The van der Waals surface area contributed by atoms with Crippen LogP contribution >= 0.6 is 23.1 Å². The molecular weight excluding hydrogens is 384 g/mol. The quantitative estimate of drug-likeness (QED) is 0.544. The van der Waals surface area contributed by atoms with Crippen LogP contribution in [0.25, 0.3) is 0 Å². The molecule has 0 saturated carbocycles. The van der Waals surface area contributed by atoms with Crippen LogP contribution in [-0.2, 0) is 18.7 Å². The molecule has 3 aromatic rings. The Morgan fingerprint density at radius 1 is 1.26 bits per heavy atom. The zero-order valence-electron chi connectivity index (χ0n) is 15.0. The molecule has 0 aliphatic heterocycles. The zero-order valence-corrected chi connectivity index (χ0v) is 16.7. The van der Waals surface area contributed by atoms with E-state index in [-0.39, 0.29) is 6.03 Å². The first-order chi connectivity index (χ1) is 13.2. The summed E-state index contributed by atoms with van der Waals surface area (Å²) < 4.78 is 11.7. The van der Waals surface area contributed by atoms with Crippen LogP contribution in [0.5, 0.6) is 5.75 Å². The highest BCUT2D eigenvalue weighted by atomic mass is 32.2. The van der Waals surface area contributed by atoms with Crippen molar-refractivity contribution in [2.75, 3.05) is 12.4 Å². The Kier molecular flexibility index (Phi) is 6.72. The molecule has 142 valence electrons. The number of hydrogen-bond donors (Lipinski definition) is 2. The number of rotatable bonds is 8. The predicted molar refractivity (Wildman–Crippen MR) is 106 cm³/mol. The van der Waals surface area contributed by atoms with Gasteiger partial charge in [-0.2, -0.15) is 0 Å². The van der Waals surface area contributed by atoms with Crippen molar-refractivity contribution in [2.24, 2.45) is 0 Å². The van der Waals surface area contributed by atoms with Crippen molar-refractivity contribution in [3.05, 3.63) is 53.9 Å². The van der Waals surface area contributed by atoms with Crippen LogP contribution in [0.3, 0.4) is 0 Å². The van der Waals surface area contributed by atoms with Gasteiger partial charge in [-0.1, -0.05) is 30.4 Å². The Morgan fingerprint density at radius 3 is 2.78 bits per heavy atom. The molecule has 1 aromatic carbocycles. The molecule has 0 aliphatic rings. The standard InChI is InChI=1S/C18H20N4O3S2/c1-3-13-9-19-15(25-13)11-26-16-10-21-18(27-16)22-17(23)20-8-12-4-6-14(24-2)7-5-12/h4-7,9-10H,3,8,11H2,1-2H3,(H2,20,21,22,23). The van der Waals surface area contributed by atoms with Gasteiger partial charge in [0.15, 0.2) is 5.13 Å². The van der Waals surface area contributed by atoms with Crippen molar-refractivity contribution in [1.29, 1.82) is 0 Å². The van der Waals surface area contributed by atoms with Gasteiger partial charge >= 0.3 is 6.03 Å². The number of thiazole rings is 1. The molecule has 0 fully saturated rings. The molecule has 0 aliphatic carbocycles. The van der Waals surface area contributed by atoms with Gasteiger partial charge in [0.25, 0.3) is 0 Å². The molecule has 2 aromatic heterocycles. The van der Waals surface area contributed by atoms with E-state index >= 15 is 0 Å². The van der Waals surface area contributed by atoms with Crippen LogP contribution in [0.4, 0.5) is 9.93 Å². The number of aromatic nitrogens is 2. The van der Waals surface area contributed by atoms with Gasteiger partial charge in [-0.25, -0.2) is 14.8 Å². The first-order valence-corrected chi connectivity index (χ1v) is 10.2. The number of hydrogen-bond acceptors (Lipinski definition) is 7. The molecule has 0 unspecified atom stereocenters. The van der Waals surface area contributed by atoms with E-state index < -0.39 is 0 Å². The lowest BCUT2D eigenvalue weighted by atomic mass is 10.2. The van der Waals surface area contributed by atoms with Crippen LogP contribution < -0.4 is 15.4 Å². The van der Waals surface area contributed by atoms with Crippen molar-refractivity contribution in [3.63, 3.8) is 0 Å². The number of methoxy groups -OCH3 is 1. The highest BCUT2D eigenvalue weighted by Gasteiger charge is 2.09. The van der Waals surface area contributed by atoms with E-state index in [9.17, 15) is 4.79 Å². The second kappa shape index (κ2) is 9.43. The lowest BCUT2D eigenvalue weighted by Crippen LogP contribution is -2.28. The van der Waals surface area contributed by atoms with E-state index in [0.717, 1.165) is 27.7 Å². The van der Waals surface area contributed by atoms with Crippen molar-refractivity contribution in [3.8, 4) is 5.75 Å². The molecule has 2 heterocycles. The zero-order chi connectivity index (χ0) is 19.1. The van der Waals surface area contributed by atoms with Gasteiger partial charge in [-0.3, -0.25) is 5.32 Å². The van der Waals surface area contributed by atoms with Crippen LogP contribution in [0.15, 0.2) is 45.3 Å². The van der Waals surface area contributed by atoms with Crippen molar-refractivity contribution in [1.82, 2.24) is 15.3 Å². The van der Waals surface area contributed by atoms with Crippen molar-refractivity contribution in [2.45, 2.75) is 29.9 Å². The Labute approximate surface area is 165 Å². The minimum Gasteiger partial charge on any atom is -0.497 e. The van der Waals surface area contributed by atoms with E-state index in [4.69, 9.17) is 9.15 Å². The summed E-state index contributed by atoms with van der Waals surface area (Å²) in [5, 5.41) is 6.10. The Bertz CT molecular complexity index is 877. The van der Waals surface area contributed by atoms with E-state index in [2.05, 4.69) is 20.6 Å². The number of benzene rings is 1. The normalized spacial score (nSPS) is 10.6. The monoisotopic (exact) mass is 404 g/mol. The third-order valence-corrected chi connectivity index (χ3v) is 5.70. The molecular formula is C18H20N4O3S2. The Morgan fingerprint density at radius 2 is 2.07 bits per heavy atom. The number of aryl methyl sites for hydroxylation is 1. The van der Waals surface area contributed by atoms with Gasteiger partial charge < -0.3 is 14.5 Å². The first-order valence-electron chi connectivity index (χ1n) is 8.36. The summed E-state index contributed by atoms with van der Waals surface area (Å²) in [5.41, 5.74) is 0.985. The summed E-state index contributed by atoms with van der Waals surface area (Å²) >= 11 is 2.99. The maximum absolute atomic E-state index is 12.0. The van der Waals surface area contributed by atoms with Crippen molar-refractivity contribution >= 4 is 34.3 Å². The molecule has 0 radical (unpaired) electrons. The molecule has 27 heavy (non-hydrogen) atoms. The number of thioether (sulfide) groups is 1. The summed E-state index contributed by atoms with van der Waals surface area (Å²) in [7, 11) is 1.62. The SMILES string of the molecule is CCc1cnc(CSc2cnc(NC(=O)NCc3ccc(OC)cc3)s2)o1. The summed E-state index contributed by atoms with van der Waals surface area (Å²) in [4.78, 5) is 20.5. The second-order valence-corrected chi connectivity index (χ2v) is 7.81. The number of anilines is 1. The van der Waals surface area contributed by atoms with Gasteiger partial charge in [-0.15, -0.1) is 11.8 Å². The van der Waals surface area contributed by atoms with Crippen LogP contribution in [0.2, 0.25) is 0 Å². The smallest absolute Gasteiger partial charge is 0.321 e. The average Bonchev–Trinajstić information content (AvgIpc) is 3.34. The third kappa shape index (κ3) is 5.73. The molecule has 7 nitrogen and oxygen atoms in total. The highest BCUT2D eigenvalue weighted by molar-refractivity contribution is 8.00. The molecule has 0 saturated heterocycles. The number of ether oxygens (including phenoxy) is 1. The van der Waals surface area contributed by atoms with Gasteiger partial charge in [0.05, 0.1) is 29.5 Å². The summed E-state index contributed by atoms with van der Waals surface area (Å²) in [5.74, 6) is 2.99. The number of amides is 2. The molecule has 3 rings (SSSR count). The molecule has 2 N–H and O–H groups in total. The maximum Gasteiger partial charge on any atom is 0.321 e. The summed E-state index contributed by atoms with van der Waals surface area (Å²) in [6, 6.07) is 7.23. The largest absolute Gasteiger partial charge is 0.497 e. The fourth-order valence-corrected chi connectivity index (χ4v) is 3.88. The van der Waals surface area contributed by atoms with E-state index in [1.54, 1.807) is 31.3 Å². The molecule has 9 heteroatoms. The van der Waals surface area contributed by atoms with Crippen LogP contribution in [0, 0.1) is 0 Å². The third-order valence-electron chi connectivity index (χ3n) is 3.60. The number of carbonyl (C=O) groups is 1. The first kappa shape index (κ1) is 19.2. The Hall–Kier alpha value is -2.52. The minimum atomic E-state index is -0.294. The minimum absolute atomic E-state index is 0.294. The fourth-order valence-electron chi connectivity index (χ4n) is 2.16. The summed E-state index contributed by atoms with van der Waals surface area (Å²) in [6.45, 7) is 2.45. The lowest BCUT2D eigenvalue weighted by Gasteiger charge is -2.06. The number of nitrogens with one attached hydrogen (secondary N) is 2. The number of urea groups is 1. The topological polar surface area (TPSA) is 89.3 Å². The van der Waals surface area contributed by atoms with Gasteiger partial charge in [-0.05, 0) is 17.7 Å².